The maximum Gasteiger partial charge on any atom is 0.274 e. The second-order valence-electron chi connectivity index (χ2n) is 5.74. The van der Waals surface area contributed by atoms with Crippen LogP contribution in [-0.2, 0) is 4.74 Å². The summed E-state index contributed by atoms with van der Waals surface area (Å²) in [7, 11) is 0. The third kappa shape index (κ3) is 3.84. The zero-order valence-electron chi connectivity index (χ0n) is 13.3. The van der Waals surface area contributed by atoms with Gasteiger partial charge >= 0.3 is 0 Å². The molecule has 0 saturated carbocycles. The molecule has 3 rings (SSSR count). The molecule has 0 aliphatic carbocycles. The first-order valence-corrected chi connectivity index (χ1v) is 7.70. The highest BCUT2D eigenvalue weighted by molar-refractivity contribution is 6.02. The first-order valence-electron chi connectivity index (χ1n) is 7.70. The number of ether oxygens (including phenoxy) is 1. The minimum absolute atomic E-state index is 0.184. The Bertz CT molecular complexity index is 650. The van der Waals surface area contributed by atoms with Crippen LogP contribution in [0, 0.1) is 0 Å². The molecular formula is C17H20N4O2. The number of hydrogen-bond donors (Lipinski definition) is 1. The van der Waals surface area contributed by atoms with E-state index in [-0.39, 0.29) is 18.1 Å². The summed E-state index contributed by atoms with van der Waals surface area (Å²) in [5, 5.41) is 2.80. The van der Waals surface area contributed by atoms with Gasteiger partial charge in [0.05, 0.1) is 24.1 Å². The maximum absolute atomic E-state index is 12.1. The van der Waals surface area contributed by atoms with Crippen LogP contribution in [0.3, 0.4) is 0 Å². The van der Waals surface area contributed by atoms with Gasteiger partial charge in [-0.1, -0.05) is 6.07 Å². The molecule has 2 aromatic heterocycles. The highest BCUT2D eigenvalue weighted by Crippen LogP contribution is 2.19. The zero-order valence-corrected chi connectivity index (χ0v) is 13.3. The summed E-state index contributed by atoms with van der Waals surface area (Å²) >= 11 is 0. The molecule has 2 aromatic rings. The van der Waals surface area contributed by atoms with E-state index < -0.39 is 0 Å². The second kappa shape index (κ2) is 6.75. The quantitative estimate of drug-likeness (QED) is 0.942. The molecule has 6 nitrogen and oxygen atoms in total. The standard InChI is InChI=1S/C17H20N4O2/c1-12-10-21(11-13(2)23-12)16-7-6-14(9-19-16)20-17(22)15-5-3-4-8-18-15/h3-9,12-13H,10-11H2,1-2H3,(H,20,22)/t12-,13-/m0/s1. The van der Waals surface area contributed by atoms with Gasteiger partial charge in [-0.3, -0.25) is 9.78 Å². The van der Waals surface area contributed by atoms with Crippen molar-refractivity contribution in [2.75, 3.05) is 23.3 Å². The van der Waals surface area contributed by atoms with Gasteiger partial charge in [-0.15, -0.1) is 0 Å². The molecule has 3 heterocycles. The summed E-state index contributed by atoms with van der Waals surface area (Å²) in [6.07, 6.45) is 3.63. The van der Waals surface area contributed by atoms with Crippen LogP contribution in [0.25, 0.3) is 0 Å². The number of aromatic nitrogens is 2. The maximum atomic E-state index is 12.1. The molecule has 0 spiro atoms. The summed E-state index contributed by atoms with van der Waals surface area (Å²) in [6, 6.07) is 9.00. The van der Waals surface area contributed by atoms with Gasteiger partial charge in [0.2, 0.25) is 0 Å². The summed E-state index contributed by atoms with van der Waals surface area (Å²) in [5.74, 6) is 0.650. The number of anilines is 2. The molecule has 0 aromatic carbocycles. The number of morpholine rings is 1. The number of carbonyl (C=O) groups excluding carboxylic acids is 1. The Balaban J connectivity index is 1.66. The highest BCUT2D eigenvalue weighted by atomic mass is 16.5. The van der Waals surface area contributed by atoms with Crippen LogP contribution in [0.4, 0.5) is 11.5 Å². The van der Waals surface area contributed by atoms with Crippen molar-refractivity contribution in [2.24, 2.45) is 0 Å². The van der Waals surface area contributed by atoms with Gasteiger partial charge in [0.1, 0.15) is 11.5 Å². The van der Waals surface area contributed by atoms with E-state index in [4.69, 9.17) is 4.74 Å². The molecule has 6 heteroatoms. The molecule has 1 aliphatic rings. The lowest BCUT2D eigenvalue weighted by Gasteiger charge is -2.36. The summed E-state index contributed by atoms with van der Waals surface area (Å²) < 4.78 is 5.73. The number of nitrogens with one attached hydrogen (secondary N) is 1. The van der Waals surface area contributed by atoms with Gasteiger partial charge < -0.3 is 15.0 Å². The molecular weight excluding hydrogens is 292 g/mol. The van der Waals surface area contributed by atoms with E-state index in [1.807, 2.05) is 12.1 Å². The molecule has 0 bridgehead atoms. The van der Waals surface area contributed by atoms with Crippen molar-refractivity contribution < 1.29 is 9.53 Å². The lowest BCUT2D eigenvalue weighted by atomic mass is 10.2. The second-order valence-corrected chi connectivity index (χ2v) is 5.74. The van der Waals surface area contributed by atoms with Gasteiger partial charge in [0, 0.05) is 19.3 Å². The van der Waals surface area contributed by atoms with Crippen molar-refractivity contribution in [3.8, 4) is 0 Å². The largest absolute Gasteiger partial charge is 0.372 e. The monoisotopic (exact) mass is 312 g/mol. The topological polar surface area (TPSA) is 67.4 Å². The van der Waals surface area contributed by atoms with E-state index in [2.05, 4.69) is 34.0 Å². The highest BCUT2D eigenvalue weighted by Gasteiger charge is 2.23. The first kappa shape index (κ1) is 15.4. The Hall–Kier alpha value is -2.47. The predicted molar refractivity (Wildman–Crippen MR) is 88.6 cm³/mol. The van der Waals surface area contributed by atoms with Crippen LogP contribution < -0.4 is 10.2 Å². The van der Waals surface area contributed by atoms with Crippen molar-refractivity contribution in [2.45, 2.75) is 26.1 Å². The Kier molecular flexibility index (Phi) is 4.52. The normalized spacial score (nSPS) is 21.0. The van der Waals surface area contributed by atoms with Crippen LogP contribution in [0.1, 0.15) is 24.3 Å². The van der Waals surface area contributed by atoms with Gasteiger partial charge in [0.15, 0.2) is 0 Å². The van der Waals surface area contributed by atoms with Crippen molar-refractivity contribution in [3.05, 3.63) is 48.4 Å². The fourth-order valence-corrected chi connectivity index (χ4v) is 2.70. The SMILES string of the molecule is C[C@H]1CN(c2ccc(NC(=O)c3ccccn3)cn2)C[C@H](C)O1. The minimum Gasteiger partial charge on any atom is -0.372 e. The average molecular weight is 312 g/mol. The number of rotatable bonds is 3. The molecule has 1 N–H and O–H groups in total. The van der Waals surface area contributed by atoms with Gasteiger partial charge in [-0.25, -0.2) is 4.98 Å². The molecule has 1 amide bonds. The molecule has 2 atom stereocenters. The van der Waals surface area contributed by atoms with E-state index in [0.717, 1.165) is 18.9 Å². The smallest absolute Gasteiger partial charge is 0.274 e. The van der Waals surface area contributed by atoms with E-state index in [9.17, 15) is 4.79 Å². The van der Waals surface area contributed by atoms with Gasteiger partial charge in [0.25, 0.3) is 5.91 Å². The molecule has 0 unspecified atom stereocenters. The van der Waals surface area contributed by atoms with Crippen molar-refractivity contribution in [1.82, 2.24) is 9.97 Å². The molecule has 1 saturated heterocycles. The fourth-order valence-electron chi connectivity index (χ4n) is 2.70. The predicted octanol–water partition coefficient (Wildman–Crippen LogP) is 2.34. The molecule has 23 heavy (non-hydrogen) atoms. The number of amides is 1. The Labute approximate surface area is 135 Å². The number of hydrogen-bond acceptors (Lipinski definition) is 5. The van der Waals surface area contributed by atoms with Gasteiger partial charge in [-0.2, -0.15) is 0 Å². The van der Waals surface area contributed by atoms with E-state index >= 15 is 0 Å². The van der Waals surface area contributed by atoms with Crippen LogP contribution >= 0.6 is 0 Å². The Morgan fingerprint density at radius 1 is 1.17 bits per heavy atom. The zero-order chi connectivity index (χ0) is 16.2. The van der Waals surface area contributed by atoms with Crippen LogP contribution in [0.5, 0.6) is 0 Å². The lowest BCUT2D eigenvalue weighted by molar-refractivity contribution is -0.00545. The molecule has 1 aliphatic heterocycles. The van der Waals surface area contributed by atoms with E-state index in [1.165, 1.54) is 0 Å². The fraction of sp³-hybridized carbons (Fsp3) is 0.353. The first-order chi connectivity index (χ1) is 11.1. The number of nitrogens with zero attached hydrogens (tertiary/aromatic N) is 3. The third-order valence-electron chi connectivity index (χ3n) is 3.65. The van der Waals surface area contributed by atoms with Gasteiger partial charge in [-0.05, 0) is 38.1 Å². The summed E-state index contributed by atoms with van der Waals surface area (Å²) in [6.45, 7) is 5.75. The Morgan fingerprint density at radius 2 is 1.96 bits per heavy atom. The lowest BCUT2D eigenvalue weighted by Crippen LogP contribution is -2.45. The summed E-state index contributed by atoms with van der Waals surface area (Å²) in [4.78, 5) is 22.7. The molecule has 0 radical (unpaired) electrons. The van der Waals surface area contributed by atoms with Crippen LogP contribution in [0.15, 0.2) is 42.7 Å². The Morgan fingerprint density at radius 3 is 2.57 bits per heavy atom. The molecule has 120 valence electrons. The van der Waals surface area contributed by atoms with Crippen molar-refractivity contribution >= 4 is 17.4 Å². The van der Waals surface area contributed by atoms with Crippen molar-refractivity contribution in [3.63, 3.8) is 0 Å². The minimum atomic E-state index is -0.242. The molecule has 1 fully saturated rings. The van der Waals surface area contributed by atoms with Crippen molar-refractivity contribution in [1.29, 1.82) is 0 Å². The summed E-state index contributed by atoms with van der Waals surface area (Å²) in [5.41, 5.74) is 1.03. The average Bonchev–Trinajstić information content (AvgIpc) is 2.55. The van der Waals surface area contributed by atoms with E-state index in [1.54, 1.807) is 30.6 Å². The van der Waals surface area contributed by atoms with Crippen LogP contribution in [0.2, 0.25) is 0 Å². The number of pyridine rings is 2. The van der Waals surface area contributed by atoms with E-state index in [0.29, 0.717) is 11.4 Å². The number of carbonyl (C=O) groups is 1. The van der Waals surface area contributed by atoms with Crippen LogP contribution in [-0.4, -0.2) is 41.2 Å². The third-order valence-corrected chi connectivity index (χ3v) is 3.65.